The number of rotatable bonds is 4. The van der Waals surface area contributed by atoms with Crippen LogP contribution in [0.3, 0.4) is 0 Å². The lowest BCUT2D eigenvalue weighted by Gasteiger charge is -2.04. The summed E-state index contributed by atoms with van der Waals surface area (Å²) in [7, 11) is 0. The maximum atomic E-state index is 6.20. The molecule has 0 radical (unpaired) electrons. The molecule has 0 N–H and O–H groups in total. The predicted molar refractivity (Wildman–Crippen MR) is 91.9 cm³/mol. The summed E-state index contributed by atoms with van der Waals surface area (Å²) < 4.78 is 3.80. The fourth-order valence-corrected chi connectivity index (χ4v) is 2.98. The summed E-state index contributed by atoms with van der Waals surface area (Å²) in [4.78, 5) is 4.44. The first-order valence-electron chi connectivity index (χ1n) is 7.08. The molecule has 1 aromatic carbocycles. The SMILES string of the molecule is Cl.Clc1ccc(-n2cc(Cn3ccnc3C3CC3)nn2)c(Cl)c1. The first-order valence-corrected chi connectivity index (χ1v) is 7.84. The highest BCUT2D eigenvalue weighted by Gasteiger charge is 2.28. The van der Waals surface area contributed by atoms with Crippen LogP contribution in [0.5, 0.6) is 0 Å². The molecule has 0 bridgehead atoms. The molecule has 2 heterocycles. The fraction of sp³-hybridized carbons (Fsp3) is 0.267. The summed E-state index contributed by atoms with van der Waals surface area (Å²) in [5.74, 6) is 1.75. The second-order valence-electron chi connectivity index (χ2n) is 5.44. The molecule has 5 nitrogen and oxygen atoms in total. The van der Waals surface area contributed by atoms with Gasteiger partial charge in [0, 0.05) is 23.3 Å². The number of hydrogen-bond donors (Lipinski definition) is 0. The number of halogens is 3. The largest absolute Gasteiger partial charge is 0.329 e. The van der Waals surface area contributed by atoms with Crippen molar-refractivity contribution in [3.8, 4) is 5.69 Å². The van der Waals surface area contributed by atoms with Crippen LogP contribution in [-0.4, -0.2) is 24.5 Å². The van der Waals surface area contributed by atoms with Gasteiger partial charge in [0.1, 0.15) is 11.5 Å². The Labute approximate surface area is 149 Å². The Morgan fingerprint density at radius 3 is 2.78 bits per heavy atom. The van der Waals surface area contributed by atoms with Crippen LogP contribution in [0.2, 0.25) is 10.0 Å². The Hall–Kier alpha value is -1.56. The molecule has 0 atom stereocenters. The maximum absolute atomic E-state index is 6.20. The van der Waals surface area contributed by atoms with Crippen molar-refractivity contribution in [1.29, 1.82) is 0 Å². The molecule has 0 unspecified atom stereocenters. The van der Waals surface area contributed by atoms with E-state index in [1.807, 2.05) is 24.7 Å². The molecular weight excluding hydrogens is 357 g/mol. The molecule has 0 spiro atoms. The second kappa shape index (κ2) is 6.51. The van der Waals surface area contributed by atoms with Gasteiger partial charge in [0.2, 0.25) is 0 Å². The van der Waals surface area contributed by atoms with E-state index in [4.69, 9.17) is 23.2 Å². The van der Waals surface area contributed by atoms with Gasteiger partial charge < -0.3 is 4.57 Å². The summed E-state index contributed by atoms with van der Waals surface area (Å²) in [6, 6.07) is 5.31. The van der Waals surface area contributed by atoms with Gasteiger partial charge in [-0.25, -0.2) is 9.67 Å². The van der Waals surface area contributed by atoms with Gasteiger partial charge >= 0.3 is 0 Å². The van der Waals surface area contributed by atoms with E-state index < -0.39 is 0 Å². The fourth-order valence-electron chi connectivity index (χ4n) is 2.49. The summed E-state index contributed by atoms with van der Waals surface area (Å²) in [5.41, 5.74) is 1.63. The third-order valence-corrected chi connectivity index (χ3v) is 4.26. The molecule has 2 aromatic heterocycles. The van der Waals surface area contributed by atoms with E-state index in [1.165, 1.54) is 12.8 Å². The highest BCUT2D eigenvalue weighted by atomic mass is 35.5. The lowest BCUT2D eigenvalue weighted by atomic mass is 10.3. The number of imidazole rings is 1. The van der Waals surface area contributed by atoms with Crippen molar-refractivity contribution in [2.45, 2.75) is 25.3 Å². The monoisotopic (exact) mass is 369 g/mol. The first-order chi connectivity index (χ1) is 10.7. The van der Waals surface area contributed by atoms with Gasteiger partial charge in [0.25, 0.3) is 0 Å². The van der Waals surface area contributed by atoms with E-state index in [9.17, 15) is 0 Å². The molecule has 120 valence electrons. The lowest BCUT2D eigenvalue weighted by molar-refractivity contribution is 0.706. The Bertz CT molecular complexity index is 822. The van der Waals surface area contributed by atoms with Crippen LogP contribution < -0.4 is 0 Å². The Morgan fingerprint density at radius 1 is 1.22 bits per heavy atom. The van der Waals surface area contributed by atoms with E-state index in [0.29, 0.717) is 22.5 Å². The maximum Gasteiger partial charge on any atom is 0.112 e. The Kier molecular flexibility index (Phi) is 4.62. The van der Waals surface area contributed by atoms with Gasteiger partial charge in [-0.15, -0.1) is 17.5 Å². The smallest absolute Gasteiger partial charge is 0.112 e. The molecule has 0 amide bonds. The minimum atomic E-state index is 0. The van der Waals surface area contributed by atoms with E-state index in [2.05, 4.69) is 19.9 Å². The summed E-state index contributed by atoms with van der Waals surface area (Å²) >= 11 is 12.1. The van der Waals surface area contributed by atoms with Crippen LogP contribution in [0.1, 0.15) is 30.3 Å². The average Bonchev–Trinajstić information content (AvgIpc) is 3.05. The van der Waals surface area contributed by atoms with E-state index in [-0.39, 0.29) is 12.4 Å². The van der Waals surface area contributed by atoms with E-state index >= 15 is 0 Å². The number of benzene rings is 1. The van der Waals surface area contributed by atoms with Crippen molar-refractivity contribution in [3.63, 3.8) is 0 Å². The zero-order valence-electron chi connectivity index (χ0n) is 12.1. The third-order valence-electron chi connectivity index (χ3n) is 3.72. The molecule has 0 saturated heterocycles. The topological polar surface area (TPSA) is 48.5 Å². The van der Waals surface area contributed by atoms with Crippen molar-refractivity contribution >= 4 is 35.6 Å². The standard InChI is InChI=1S/C15H13Cl2N5.ClH/c16-11-3-4-14(13(17)7-11)22-9-12(19-20-22)8-21-6-5-18-15(21)10-1-2-10;/h3-7,9-10H,1-2,8H2;1H. The van der Waals surface area contributed by atoms with Crippen LogP contribution in [0.25, 0.3) is 5.69 Å². The molecule has 1 aliphatic carbocycles. The number of nitrogens with zero attached hydrogens (tertiary/aromatic N) is 5. The van der Waals surface area contributed by atoms with Crippen molar-refractivity contribution < 1.29 is 0 Å². The van der Waals surface area contributed by atoms with Crippen LogP contribution in [-0.2, 0) is 6.54 Å². The highest BCUT2D eigenvalue weighted by Crippen LogP contribution is 2.39. The van der Waals surface area contributed by atoms with Crippen LogP contribution in [0.15, 0.2) is 36.8 Å². The van der Waals surface area contributed by atoms with Gasteiger partial charge in [-0.1, -0.05) is 28.4 Å². The Balaban J connectivity index is 0.00000156. The molecule has 3 aromatic rings. The van der Waals surface area contributed by atoms with E-state index in [1.54, 1.807) is 16.8 Å². The van der Waals surface area contributed by atoms with Gasteiger partial charge in [0.15, 0.2) is 0 Å². The van der Waals surface area contributed by atoms with Crippen LogP contribution in [0, 0.1) is 0 Å². The zero-order valence-corrected chi connectivity index (χ0v) is 14.4. The summed E-state index contributed by atoms with van der Waals surface area (Å²) in [5, 5.41) is 9.52. The molecule has 8 heteroatoms. The minimum absolute atomic E-state index is 0. The van der Waals surface area contributed by atoms with Crippen molar-refractivity contribution in [2.24, 2.45) is 0 Å². The number of hydrogen-bond acceptors (Lipinski definition) is 3. The molecular formula is C15H14Cl3N5. The summed E-state index contributed by atoms with van der Waals surface area (Å²) in [6.07, 6.45) is 8.16. The summed E-state index contributed by atoms with van der Waals surface area (Å²) in [6.45, 7) is 0.664. The van der Waals surface area contributed by atoms with Crippen LogP contribution >= 0.6 is 35.6 Å². The molecule has 1 saturated carbocycles. The molecule has 1 aliphatic rings. The van der Waals surface area contributed by atoms with Crippen LogP contribution in [0.4, 0.5) is 0 Å². The normalized spacial score (nSPS) is 13.8. The quantitative estimate of drug-likeness (QED) is 0.694. The number of aromatic nitrogens is 5. The molecule has 4 rings (SSSR count). The van der Waals surface area contributed by atoms with E-state index in [0.717, 1.165) is 17.2 Å². The third kappa shape index (κ3) is 3.37. The highest BCUT2D eigenvalue weighted by molar-refractivity contribution is 6.35. The van der Waals surface area contributed by atoms with Crippen molar-refractivity contribution in [1.82, 2.24) is 24.5 Å². The van der Waals surface area contributed by atoms with Gasteiger partial charge in [0.05, 0.1) is 23.5 Å². The minimum Gasteiger partial charge on any atom is -0.329 e. The average molecular weight is 371 g/mol. The predicted octanol–water partition coefficient (Wildman–Crippen LogP) is 4.12. The van der Waals surface area contributed by atoms with Gasteiger partial charge in [-0.3, -0.25) is 0 Å². The van der Waals surface area contributed by atoms with Crippen molar-refractivity contribution in [2.75, 3.05) is 0 Å². The zero-order chi connectivity index (χ0) is 15.1. The van der Waals surface area contributed by atoms with Crippen molar-refractivity contribution in [3.05, 3.63) is 58.4 Å². The second-order valence-corrected chi connectivity index (χ2v) is 6.28. The first kappa shape index (κ1) is 16.3. The van der Waals surface area contributed by atoms with Gasteiger partial charge in [-0.05, 0) is 31.0 Å². The Morgan fingerprint density at radius 2 is 2.04 bits per heavy atom. The molecule has 1 fully saturated rings. The molecule has 23 heavy (non-hydrogen) atoms. The molecule has 0 aliphatic heterocycles. The van der Waals surface area contributed by atoms with Gasteiger partial charge in [-0.2, -0.15) is 0 Å². The lowest BCUT2D eigenvalue weighted by Crippen LogP contribution is -2.03.